The van der Waals surface area contributed by atoms with Crippen molar-refractivity contribution in [2.75, 3.05) is 13.6 Å². The van der Waals surface area contributed by atoms with E-state index >= 15 is 0 Å². The number of para-hydroxylation sites is 1. The monoisotopic (exact) mass is 360 g/mol. The van der Waals surface area contributed by atoms with Crippen molar-refractivity contribution in [2.24, 2.45) is 0 Å². The maximum absolute atomic E-state index is 12.9. The van der Waals surface area contributed by atoms with Crippen LogP contribution < -0.4 is 0 Å². The SMILES string of the molecule is Cc1ccc2[nH]c(C(=O)N(C)CCc3nc4c(C)cccc4[nH]3)c(C)c2c1. The number of likely N-dealkylation sites (N-methyl/N-ethyl adjacent to an activating group) is 1. The summed E-state index contributed by atoms with van der Waals surface area (Å²) in [5.41, 5.74) is 7.07. The van der Waals surface area contributed by atoms with Gasteiger partial charge in [-0.05, 0) is 50.1 Å². The number of H-pyrrole nitrogens is 2. The molecule has 0 bridgehead atoms. The standard InChI is InChI=1S/C22H24N4O/c1-13-8-9-17-16(12-13)15(3)21(24-17)22(27)26(4)11-10-19-23-18-7-5-6-14(2)20(18)25-19/h5-9,12,24H,10-11H2,1-4H3,(H,23,25). The fraction of sp³-hybridized carbons (Fsp3) is 0.273. The summed E-state index contributed by atoms with van der Waals surface area (Å²) in [5, 5.41) is 1.11. The average Bonchev–Trinajstić information content (AvgIpc) is 3.21. The zero-order valence-electron chi connectivity index (χ0n) is 16.2. The van der Waals surface area contributed by atoms with Crippen LogP contribution in [0, 0.1) is 20.8 Å². The summed E-state index contributed by atoms with van der Waals surface area (Å²) in [4.78, 5) is 26.0. The zero-order chi connectivity index (χ0) is 19.1. The molecule has 2 N–H and O–H groups in total. The molecule has 1 amide bonds. The van der Waals surface area contributed by atoms with Gasteiger partial charge in [0.05, 0.1) is 11.0 Å². The summed E-state index contributed by atoms with van der Waals surface area (Å²) >= 11 is 0. The Balaban J connectivity index is 1.52. The first-order valence-corrected chi connectivity index (χ1v) is 9.22. The molecular formula is C22H24N4O. The van der Waals surface area contributed by atoms with E-state index in [0.717, 1.165) is 38.9 Å². The van der Waals surface area contributed by atoms with Crippen LogP contribution >= 0.6 is 0 Å². The lowest BCUT2D eigenvalue weighted by molar-refractivity contribution is 0.0790. The topological polar surface area (TPSA) is 64.8 Å². The predicted molar refractivity (Wildman–Crippen MR) is 109 cm³/mol. The Morgan fingerprint density at radius 3 is 2.67 bits per heavy atom. The average molecular weight is 360 g/mol. The quantitative estimate of drug-likeness (QED) is 0.570. The number of fused-ring (bicyclic) bond motifs is 2. The molecule has 0 aliphatic carbocycles. The van der Waals surface area contributed by atoms with E-state index in [1.165, 1.54) is 5.56 Å². The molecule has 138 valence electrons. The fourth-order valence-corrected chi connectivity index (χ4v) is 3.57. The molecule has 0 atom stereocenters. The Hall–Kier alpha value is -3.08. The third-order valence-electron chi connectivity index (χ3n) is 5.22. The number of aryl methyl sites for hydroxylation is 3. The van der Waals surface area contributed by atoms with Crippen LogP contribution in [0.4, 0.5) is 0 Å². The molecule has 2 aromatic carbocycles. The summed E-state index contributed by atoms with van der Waals surface area (Å²) in [7, 11) is 1.84. The van der Waals surface area contributed by atoms with E-state index in [-0.39, 0.29) is 5.91 Å². The van der Waals surface area contributed by atoms with E-state index in [4.69, 9.17) is 0 Å². The molecule has 0 aliphatic heterocycles. The molecule has 2 heterocycles. The van der Waals surface area contributed by atoms with Crippen molar-refractivity contribution in [3.8, 4) is 0 Å². The van der Waals surface area contributed by atoms with Gasteiger partial charge in [0.1, 0.15) is 11.5 Å². The molecule has 0 aliphatic rings. The first-order valence-electron chi connectivity index (χ1n) is 9.22. The van der Waals surface area contributed by atoms with E-state index in [2.05, 4.69) is 47.0 Å². The first kappa shape index (κ1) is 17.3. The Labute approximate surface area is 158 Å². The molecule has 0 saturated carbocycles. The number of nitrogens with one attached hydrogen (secondary N) is 2. The summed E-state index contributed by atoms with van der Waals surface area (Å²) in [5.74, 6) is 0.914. The second-order valence-electron chi connectivity index (χ2n) is 7.31. The minimum absolute atomic E-state index is 0.00800. The number of hydrogen-bond acceptors (Lipinski definition) is 2. The van der Waals surface area contributed by atoms with Crippen LogP contribution in [0.2, 0.25) is 0 Å². The van der Waals surface area contributed by atoms with Gasteiger partial charge < -0.3 is 14.9 Å². The molecular weight excluding hydrogens is 336 g/mol. The van der Waals surface area contributed by atoms with Crippen molar-refractivity contribution in [3.63, 3.8) is 0 Å². The number of carbonyl (C=O) groups is 1. The van der Waals surface area contributed by atoms with Gasteiger partial charge in [-0.1, -0.05) is 23.8 Å². The lowest BCUT2D eigenvalue weighted by Crippen LogP contribution is -2.29. The highest BCUT2D eigenvalue weighted by Crippen LogP contribution is 2.24. The van der Waals surface area contributed by atoms with Crippen LogP contribution in [-0.4, -0.2) is 39.4 Å². The third-order valence-corrected chi connectivity index (χ3v) is 5.22. The summed E-state index contributed by atoms with van der Waals surface area (Å²) in [6, 6.07) is 12.3. The summed E-state index contributed by atoms with van der Waals surface area (Å²) in [6.45, 7) is 6.73. The van der Waals surface area contributed by atoms with E-state index in [1.54, 1.807) is 4.90 Å². The van der Waals surface area contributed by atoms with E-state index in [9.17, 15) is 4.79 Å². The normalized spacial score (nSPS) is 11.4. The maximum atomic E-state index is 12.9. The number of carbonyl (C=O) groups excluding carboxylic acids is 1. The number of hydrogen-bond donors (Lipinski definition) is 2. The van der Waals surface area contributed by atoms with E-state index in [1.807, 2.05) is 32.2 Å². The maximum Gasteiger partial charge on any atom is 0.270 e. The Bertz CT molecular complexity index is 1150. The van der Waals surface area contributed by atoms with Gasteiger partial charge >= 0.3 is 0 Å². The van der Waals surface area contributed by atoms with Gasteiger partial charge in [0.25, 0.3) is 5.91 Å². The zero-order valence-corrected chi connectivity index (χ0v) is 16.2. The highest BCUT2D eigenvalue weighted by atomic mass is 16.2. The van der Waals surface area contributed by atoms with Gasteiger partial charge in [-0.25, -0.2) is 4.98 Å². The van der Waals surface area contributed by atoms with Crippen molar-refractivity contribution < 1.29 is 4.79 Å². The Kier molecular flexibility index (Phi) is 4.22. The van der Waals surface area contributed by atoms with Crippen LogP contribution in [0.3, 0.4) is 0 Å². The van der Waals surface area contributed by atoms with Crippen molar-refractivity contribution >= 4 is 27.8 Å². The molecule has 27 heavy (non-hydrogen) atoms. The van der Waals surface area contributed by atoms with Gasteiger partial charge in [-0.2, -0.15) is 0 Å². The lowest BCUT2D eigenvalue weighted by atomic mass is 10.1. The highest BCUT2D eigenvalue weighted by Gasteiger charge is 2.19. The van der Waals surface area contributed by atoms with E-state index < -0.39 is 0 Å². The highest BCUT2D eigenvalue weighted by molar-refractivity contribution is 6.00. The number of aromatic amines is 2. The van der Waals surface area contributed by atoms with Crippen molar-refractivity contribution in [3.05, 3.63) is 64.6 Å². The van der Waals surface area contributed by atoms with Crippen LogP contribution in [0.5, 0.6) is 0 Å². The Morgan fingerprint density at radius 2 is 1.89 bits per heavy atom. The third kappa shape index (κ3) is 3.10. The van der Waals surface area contributed by atoms with Crippen LogP contribution in [-0.2, 0) is 6.42 Å². The smallest absolute Gasteiger partial charge is 0.270 e. The molecule has 2 aromatic heterocycles. The minimum Gasteiger partial charge on any atom is -0.350 e. The number of amides is 1. The minimum atomic E-state index is 0.00800. The van der Waals surface area contributed by atoms with Gasteiger partial charge in [0.2, 0.25) is 0 Å². The molecule has 0 unspecified atom stereocenters. The van der Waals surface area contributed by atoms with Crippen molar-refractivity contribution in [1.82, 2.24) is 19.9 Å². The van der Waals surface area contributed by atoms with Crippen molar-refractivity contribution in [2.45, 2.75) is 27.2 Å². The molecule has 0 fully saturated rings. The molecule has 4 aromatic rings. The molecule has 5 heteroatoms. The fourth-order valence-electron chi connectivity index (χ4n) is 3.57. The second-order valence-corrected chi connectivity index (χ2v) is 7.31. The van der Waals surface area contributed by atoms with Crippen LogP contribution in [0.1, 0.15) is 33.0 Å². The number of nitrogens with zero attached hydrogens (tertiary/aromatic N) is 2. The molecule has 4 rings (SSSR count). The number of aromatic nitrogens is 3. The van der Waals surface area contributed by atoms with Gasteiger partial charge in [0.15, 0.2) is 0 Å². The molecule has 0 saturated heterocycles. The second kappa shape index (κ2) is 6.58. The number of benzene rings is 2. The molecule has 0 radical (unpaired) electrons. The number of imidazole rings is 1. The Morgan fingerprint density at radius 1 is 1.07 bits per heavy atom. The molecule has 5 nitrogen and oxygen atoms in total. The largest absolute Gasteiger partial charge is 0.350 e. The van der Waals surface area contributed by atoms with Gasteiger partial charge in [-0.3, -0.25) is 4.79 Å². The summed E-state index contributed by atoms with van der Waals surface area (Å²) < 4.78 is 0. The first-order chi connectivity index (χ1) is 12.9. The van der Waals surface area contributed by atoms with Crippen molar-refractivity contribution in [1.29, 1.82) is 0 Å². The predicted octanol–water partition coefficient (Wildman–Crippen LogP) is 4.28. The lowest BCUT2D eigenvalue weighted by Gasteiger charge is -2.16. The molecule has 0 spiro atoms. The van der Waals surface area contributed by atoms with Crippen LogP contribution in [0.25, 0.3) is 21.9 Å². The number of rotatable bonds is 4. The van der Waals surface area contributed by atoms with E-state index in [0.29, 0.717) is 18.7 Å². The summed E-state index contributed by atoms with van der Waals surface area (Å²) in [6.07, 6.45) is 0.689. The van der Waals surface area contributed by atoms with Gasteiger partial charge in [0, 0.05) is 30.9 Å². The van der Waals surface area contributed by atoms with Crippen LogP contribution in [0.15, 0.2) is 36.4 Å². The van der Waals surface area contributed by atoms with Gasteiger partial charge in [-0.15, -0.1) is 0 Å².